The number of rotatable bonds is 4. The van der Waals surface area contributed by atoms with Crippen LogP contribution in [-0.4, -0.2) is 16.5 Å². The normalized spacial score (nSPS) is 13.3. The molecule has 3 aromatic carbocycles. The fraction of sp³-hybridized carbons (Fsp3) is 0.226. The number of phenols is 1. The van der Waals surface area contributed by atoms with E-state index in [1.54, 1.807) is 24.3 Å². The molecule has 0 heterocycles. The molecule has 3 aromatic rings. The van der Waals surface area contributed by atoms with E-state index in [0.29, 0.717) is 5.69 Å². The standard InChI is InChI=1S/C23H25NO.C6H6N2.C2H6/c1-16(17-10-6-4-7-11-17)18-14-20(22(25)21(24)15-18)23(2,3)19-12-8-5-9-13-19;7-5-3-1-2-4-6(5)8;1-2/h4-16,25H,24H2,1-3H3;1-4,7-8H;1-2H3. The highest BCUT2D eigenvalue weighted by Crippen LogP contribution is 2.42. The van der Waals surface area contributed by atoms with Gasteiger partial charge in [-0.3, -0.25) is 10.8 Å². The van der Waals surface area contributed by atoms with E-state index in [4.69, 9.17) is 16.6 Å². The van der Waals surface area contributed by atoms with E-state index in [9.17, 15) is 5.11 Å². The van der Waals surface area contributed by atoms with E-state index in [1.165, 1.54) is 5.56 Å². The van der Waals surface area contributed by atoms with Crippen molar-refractivity contribution in [2.75, 3.05) is 5.73 Å². The minimum atomic E-state index is -0.341. The van der Waals surface area contributed by atoms with Gasteiger partial charge in [-0.1, -0.05) is 114 Å². The molecule has 0 saturated carbocycles. The summed E-state index contributed by atoms with van der Waals surface area (Å²) >= 11 is 0. The van der Waals surface area contributed by atoms with Crippen LogP contribution in [0.5, 0.6) is 5.75 Å². The summed E-state index contributed by atoms with van der Waals surface area (Å²) in [6, 6.07) is 24.6. The highest BCUT2D eigenvalue weighted by molar-refractivity contribution is 6.48. The van der Waals surface area contributed by atoms with Crippen molar-refractivity contribution in [3.05, 3.63) is 119 Å². The van der Waals surface area contributed by atoms with E-state index in [2.05, 4.69) is 51.1 Å². The zero-order valence-corrected chi connectivity index (χ0v) is 21.3. The van der Waals surface area contributed by atoms with E-state index in [1.807, 2.05) is 56.3 Å². The second kappa shape index (κ2) is 12.5. The van der Waals surface area contributed by atoms with Gasteiger partial charge in [0.15, 0.2) is 0 Å². The molecule has 0 spiro atoms. The summed E-state index contributed by atoms with van der Waals surface area (Å²) in [4.78, 5) is 0. The Morgan fingerprint density at radius 1 is 0.771 bits per heavy atom. The third-order valence-corrected chi connectivity index (χ3v) is 6.06. The van der Waals surface area contributed by atoms with Crippen LogP contribution in [0.3, 0.4) is 0 Å². The number of benzene rings is 3. The summed E-state index contributed by atoms with van der Waals surface area (Å²) in [6.07, 6.45) is 6.70. The number of hydrogen-bond acceptors (Lipinski definition) is 4. The lowest BCUT2D eigenvalue weighted by molar-refractivity contribution is 0.455. The number of nitrogens with one attached hydrogen (secondary N) is 2. The number of allylic oxidation sites excluding steroid dienone is 4. The van der Waals surface area contributed by atoms with Crippen LogP contribution in [-0.2, 0) is 5.41 Å². The van der Waals surface area contributed by atoms with Gasteiger partial charge in [0.05, 0.1) is 17.1 Å². The number of nitrogens with two attached hydrogens (primary N) is 1. The maximum Gasteiger partial charge on any atom is 0.142 e. The van der Waals surface area contributed by atoms with Crippen LogP contribution in [0.15, 0.2) is 97.1 Å². The highest BCUT2D eigenvalue weighted by atomic mass is 16.3. The highest BCUT2D eigenvalue weighted by Gasteiger charge is 2.28. The van der Waals surface area contributed by atoms with Crippen molar-refractivity contribution in [3.63, 3.8) is 0 Å². The Kier molecular flexibility index (Phi) is 9.77. The number of hydrogen-bond donors (Lipinski definition) is 4. The molecule has 0 saturated heterocycles. The summed E-state index contributed by atoms with van der Waals surface area (Å²) in [5.74, 6) is 0.382. The van der Waals surface area contributed by atoms with Gasteiger partial charge in [0.1, 0.15) is 5.75 Å². The van der Waals surface area contributed by atoms with Gasteiger partial charge >= 0.3 is 0 Å². The van der Waals surface area contributed by atoms with Crippen LogP contribution >= 0.6 is 0 Å². The number of anilines is 1. The van der Waals surface area contributed by atoms with E-state index in [-0.39, 0.29) is 28.5 Å². The first-order valence-corrected chi connectivity index (χ1v) is 12.0. The Balaban J connectivity index is 0.000000363. The maximum absolute atomic E-state index is 10.6. The van der Waals surface area contributed by atoms with E-state index in [0.717, 1.165) is 16.7 Å². The van der Waals surface area contributed by atoms with Gasteiger partial charge in [-0.15, -0.1) is 0 Å². The Labute approximate surface area is 209 Å². The molecule has 1 aliphatic rings. The third kappa shape index (κ3) is 6.80. The first-order chi connectivity index (χ1) is 16.7. The number of aromatic hydroxyl groups is 1. The van der Waals surface area contributed by atoms with Gasteiger partial charge in [0.25, 0.3) is 0 Å². The van der Waals surface area contributed by atoms with Crippen LogP contribution in [0.4, 0.5) is 5.69 Å². The van der Waals surface area contributed by atoms with Crippen molar-refractivity contribution < 1.29 is 5.11 Å². The van der Waals surface area contributed by atoms with Crippen LogP contribution in [0.1, 0.15) is 62.8 Å². The zero-order valence-electron chi connectivity index (χ0n) is 21.3. The van der Waals surface area contributed by atoms with Gasteiger partial charge in [-0.25, -0.2) is 0 Å². The number of phenolic OH excluding ortho intramolecular Hbond substituents is 1. The lowest BCUT2D eigenvalue weighted by Crippen LogP contribution is -2.20. The predicted octanol–water partition coefficient (Wildman–Crippen LogP) is 7.63. The Morgan fingerprint density at radius 2 is 1.26 bits per heavy atom. The van der Waals surface area contributed by atoms with Gasteiger partial charge in [0, 0.05) is 16.9 Å². The van der Waals surface area contributed by atoms with Crippen molar-refractivity contribution in [2.24, 2.45) is 0 Å². The van der Waals surface area contributed by atoms with Crippen molar-refractivity contribution in [3.8, 4) is 5.75 Å². The smallest absolute Gasteiger partial charge is 0.142 e. The van der Waals surface area contributed by atoms with Gasteiger partial charge in [-0.2, -0.15) is 0 Å². The van der Waals surface area contributed by atoms with E-state index < -0.39 is 0 Å². The van der Waals surface area contributed by atoms with Crippen LogP contribution in [0.25, 0.3) is 0 Å². The summed E-state index contributed by atoms with van der Waals surface area (Å²) in [7, 11) is 0. The zero-order chi connectivity index (χ0) is 26.0. The fourth-order valence-electron chi connectivity index (χ4n) is 3.83. The summed E-state index contributed by atoms with van der Waals surface area (Å²) in [5.41, 5.74) is 11.2. The topological polar surface area (TPSA) is 93.9 Å². The predicted molar refractivity (Wildman–Crippen MR) is 150 cm³/mol. The molecule has 0 aliphatic heterocycles. The second-order valence-electron chi connectivity index (χ2n) is 8.68. The lowest BCUT2D eigenvalue weighted by atomic mass is 9.76. The summed E-state index contributed by atoms with van der Waals surface area (Å²) < 4.78 is 0. The minimum Gasteiger partial charge on any atom is -0.505 e. The quantitative estimate of drug-likeness (QED) is 0.180. The van der Waals surface area contributed by atoms with E-state index >= 15 is 0 Å². The first-order valence-electron chi connectivity index (χ1n) is 12.0. The maximum atomic E-state index is 10.6. The largest absolute Gasteiger partial charge is 0.505 e. The summed E-state index contributed by atoms with van der Waals surface area (Å²) in [5, 5.41) is 24.7. The fourth-order valence-corrected chi connectivity index (χ4v) is 3.83. The van der Waals surface area contributed by atoms with Crippen molar-refractivity contribution >= 4 is 17.1 Å². The molecule has 4 heteroatoms. The molecule has 1 atom stereocenters. The second-order valence-corrected chi connectivity index (χ2v) is 8.68. The average Bonchev–Trinajstić information content (AvgIpc) is 2.89. The van der Waals surface area contributed by atoms with Crippen molar-refractivity contribution in [1.82, 2.24) is 0 Å². The summed E-state index contributed by atoms with van der Waals surface area (Å²) in [6.45, 7) is 10.4. The van der Waals surface area contributed by atoms with Crippen LogP contribution in [0, 0.1) is 10.8 Å². The Bertz CT molecular complexity index is 1170. The molecule has 182 valence electrons. The van der Waals surface area contributed by atoms with Crippen molar-refractivity contribution in [2.45, 2.75) is 46.0 Å². The molecule has 4 rings (SSSR count). The molecule has 1 unspecified atom stereocenters. The molecule has 0 bridgehead atoms. The van der Waals surface area contributed by atoms with Crippen LogP contribution in [0.2, 0.25) is 0 Å². The average molecular weight is 468 g/mol. The molecule has 4 nitrogen and oxygen atoms in total. The molecule has 0 radical (unpaired) electrons. The third-order valence-electron chi connectivity index (χ3n) is 6.06. The van der Waals surface area contributed by atoms with Crippen LogP contribution < -0.4 is 5.73 Å². The first kappa shape index (κ1) is 27.3. The monoisotopic (exact) mass is 467 g/mol. The van der Waals surface area contributed by atoms with Gasteiger partial charge in [0.2, 0.25) is 0 Å². The molecule has 5 N–H and O–H groups in total. The molecule has 0 aromatic heterocycles. The SMILES string of the molecule is CC.CC(c1ccccc1)c1cc(N)c(O)c(C(C)(C)c2ccccc2)c1.N=C1C=CC=CC1=N. The minimum absolute atomic E-state index is 0.179. The lowest BCUT2D eigenvalue weighted by Gasteiger charge is -2.29. The Morgan fingerprint density at radius 3 is 1.74 bits per heavy atom. The molecule has 35 heavy (non-hydrogen) atoms. The van der Waals surface area contributed by atoms with Gasteiger partial charge in [-0.05, 0) is 34.9 Å². The molecular weight excluding hydrogens is 430 g/mol. The molecule has 0 fully saturated rings. The molecular formula is C31H37N3O. The van der Waals surface area contributed by atoms with Gasteiger partial charge < -0.3 is 10.8 Å². The Hall–Kier alpha value is -3.92. The molecule has 0 amide bonds. The van der Waals surface area contributed by atoms with Crippen molar-refractivity contribution in [1.29, 1.82) is 10.8 Å². The number of nitrogen functional groups attached to an aromatic ring is 1. The molecule has 1 aliphatic carbocycles.